The van der Waals surface area contributed by atoms with Crippen molar-refractivity contribution in [3.63, 3.8) is 0 Å². The van der Waals surface area contributed by atoms with Crippen molar-refractivity contribution in [3.8, 4) is 23.6 Å². The summed E-state index contributed by atoms with van der Waals surface area (Å²) in [5.74, 6) is -0.415. The predicted molar refractivity (Wildman–Crippen MR) is 104 cm³/mol. The Morgan fingerprint density at radius 1 is 0.828 bits per heavy atom. The second kappa shape index (κ2) is 6.84. The van der Waals surface area contributed by atoms with E-state index in [4.69, 9.17) is 15.7 Å². The molecule has 0 saturated heterocycles. The van der Waals surface area contributed by atoms with Crippen LogP contribution in [0.1, 0.15) is 31.8 Å². The van der Waals surface area contributed by atoms with E-state index >= 15 is 0 Å². The molecule has 2 N–H and O–H groups in total. The zero-order valence-electron chi connectivity index (χ0n) is 14.9. The Hall–Kier alpha value is -4.62. The Balaban J connectivity index is 1.74. The lowest BCUT2D eigenvalue weighted by molar-refractivity contribution is 0.0925. The highest BCUT2D eigenvalue weighted by Crippen LogP contribution is 2.37. The maximum atomic E-state index is 12.9. The van der Waals surface area contributed by atoms with Gasteiger partial charge in [-0.05, 0) is 48.5 Å². The number of carbonyl (C=O) groups is 2. The molecular weight excluding hydrogens is 368 g/mol. The number of nitriles is 2. The quantitative estimate of drug-likeness (QED) is 0.547. The van der Waals surface area contributed by atoms with Crippen LogP contribution in [0.2, 0.25) is 0 Å². The molecule has 0 aromatic heterocycles. The minimum Gasteiger partial charge on any atom is -0.455 e. The van der Waals surface area contributed by atoms with Crippen molar-refractivity contribution in [2.45, 2.75) is 0 Å². The number of nitrogens with zero attached hydrogens (tertiary/aromatic N) is 3. The third kappa shape index (κ3) is 2.93. The van der Waals surface area contributed by atoms with Crippen LogP contribution in [-0.4, -0.2) is 11.8 Å². The lowest BCUT2D eigenvalue weighted by Gasteiger charge is -2.18. The average molecular weight is 380 g/mol. The average Bonchev–Trinajstić information content (AvgIpc) is 2.98. The van der Waals surface area contributed by atoms with E-state index in [9.17, 15) is 14.9 Å². The molecule has 0 bridgehead atoms. The molecule has 0 fully saturated rings. The van der Waals surface area contributed by atoms with Gasteiger partial charge in [-0.3, -0.25) is 9.59 Å². The summed E-state index contributed by atoms with van der Waals surface area (Å²) in [6.07, 6.45) is 0. The Morgan fingerprint density at radius 3 is 2.31 bits per heavy atom. The monoisotopic (exact) mass is 380 g/mol. The van der Waals surface area contributed by atoms with Crippen molar-refractivity contribution in [1.82, 2.24) is 0 Å². The molecule has 7 nitrogen and oxygen atoms in total. The molecule has 138 valence electrons. The first-order valence-electron chi connectivity index (χ1n) is 8.53. The van der Waals surface area contributed by atoms with Gasteiger partial charge in [0.25, 0.3) is 11.8 Å². The summed E-state index contributed by atoms with van der Waals surface area (Å²) in [6, 6.07) is 19.5. The molecule has 3 aromatic carbocycles. The SMILES string of the molecule is N#Cc1ccc(Oc2ccccc2N2C(=O)c3ccc(N)cc3C2=O)cc1C#N. The summed E-state index contributed by atoms with van der Waals surface area (Å²) in [7, 11) is 0. The number of rotatable bonds is 3. The molecule has 0 spiro atoms. The van der Waals surface area contributed by atoms with E-state index in [0.717, 1.165) is 4.90 Å². The van der Waals surface area contributed by atoms with Gasteiger partial charge in [0.1, 0.15) is 17.9 Å². The van der Waals surface area contributed by atoms with Crippen molar-refractivity contribution in [3.05, 3.63) is 82.9 Å². The Bertz CT molecular complexity index is 1270. The van der Waals surface area contributed by atoms with Gasteiger partial charge < -0.3 is 10.5 Å². The van der Waals surface area contributed by atoms with Crippen LogP contribution in [0.15, 0.2) is 60.7 Å². The summed E-state index contributed by atoms with van der Waals surface area (Å²) in [5.41, 5.74) is 7.29. The second-order valence-corrected chi connectivity index (χ2v) is 6.25. The third-order valence-electron chi connectivity index (χ3n) is 4.48. The zero-order valence-corrected chi connectivity index (χ0v) is 14.9. The number of carbonyl (C=O) groups excluding carboxylic acids is 2. The number of para-hydroxylation sites is 2. The first kappa shape index (κ1) is 17.8. The number of hydrogen-bond donors (Lipinski definition) is 1. The number of anilines is 2. The number of nitrogen functional groups attached to an aromatic ring is 1. The van der Waals surface area contributed by atoms with Gasteiger partial charge in [0, 0.05) is 5.69 Å². The fraction of sp³-hybridized carbons (Fsp3) is 0. The molecule has 0 aliphatic carbocycles. The topological polar surface area (TPSA) is 120 Å². The summed E-state index contributed by atoms with van der Waals surface area (Å²) >= 11 is 0. The van der Waals surface area contributed by atoms with E-state index in [1.54, 1.807) is 36.4 Å². The number of imide groups is 1. The Morgan fingerprint density at radius 2 is 1.55 bits per heavy atom. The van der Waals surface area contributed by atoms with E-state index in [0.29, 0.717) is 11.4 Å². The van der Waals surface area contributed by atoms with Gasteiger partial charge >= 0.3 is 0 Å². The summed E-state index contributed by atoms with van der Waals surface area (Å²) in [6.45, 7) is 0. The van der Waals surface area contributed by atoms with E-state index in [1.165, 1.54) is 24.3 Å². The highest BCUT2D eigenvalue weighted by molar-refractivity contribution is 6.35. The van der Waals surface area contributed by atoms with E-state index in [1.807, 2.05) is 12.1 Å². The molecule has 0 unspecified atom stereocenters. The van der Waals surface area contributed by atoms with Gasteiger partial charge in [0.05, 0.1) is 27.9 Å². The van der Waals surface area contributed by atoms with Gasteiger partial charge in [0.15, 0.2) is 5.75 Å². The fourth-order valence-corrected chi connectivity index (χ4v) is 3.11. The maximum Gasteiger partial charge on any atom is 0.266 e. The van der Waals surface area contributed by atoms with Gasteiger partial charge in [-0.1, -0.05) is 12.1 Å². The summed E-state index contributed by atoms with van der Waals surface area (Å²) in [4.78, 5) is 26.7. The van der Waals surface area contributed by atoms with Gasteiger partial charge in [-0.15, -0.1) is 0 Å². The van der Waals surface area contributed by atoms with Crippen LogP contribution in [0.25, 0.3) is 0 Å². The number of amides is 2. The van der Waals surface area contributed by atoms with Gasteiger partial charge in [0.2, 0.25) is 0 Å². The number of benzene rings is 3. The van der Waals surface area contributed by atoms with Crippen molar-refractivity contribution < 1.29 is 14.3 Å². The highest BCUT2D eigenvalue weighted by Gasteiger charge is 2.38. The molecular formula is C22H12N4O3. The van der Waals surface area contributed by atoms with Crippen LogP contribution in [0, 0.1) is 22.7 Å². The number of fused-ring (bicyclic) bond motifs is 1. The molecule has 1 heterocycles. The van der Waals surface area contributed by atoms with Crippen molar-refractivity contribution in [2.24, 2.45) is 0 Å². The first-order chi connectivity index (χ1) is 14.0. The lowest BCUT2D eigenvalue weighted by atomic mass is 10.1. The Kier molecular flexibility index (Phi) is 4.19. The molecule has 1 aliphatic rings. The fourth-order valence-electron chi connectivity index (χ4n) is 3.11. The maximum absolute atomic E-state index is 12.9. The number of nitrogens with two attached hydrogens (primary N) is 1. The van der Waals surface area contributed by atoms with Crippen LogP contribution in [0.5, 0.6) is 11.5 Å². The Labute approximate surface area is 165 Å². The van der Waals surface area contributed by atoms with E-state index in [2.05, 4.69) is 0 Å². The van der Waals surface area contributed by atoms with Crippen LogP contribution >= 0.6 is 0 Å². The molecule has 4 rings (SSSR count). The van der Waals surface area contributed by atoms with Crippen molar-refractivity contribution in [2.75, 3.05) is 10.6 Å². The lowest BCUT2D eigenvalue weighted by Crippen LogP contribution is -2.29. The molecule has 3 aromatic rings. The van der Waals surface area contributed by atoms with Crippen LogP contribution in [0.3, 0.4) is 0 Å². The largest absolute Gasteiger partial charge is 0.455 e. The van der Waals surface area contributed by atoms with Crippen molar-refractivity contribution >= 4 is 23.2 Å². The summed E-state index contributed by atoms with van der Waals surface area (Å²) < 4.78 is 5.85. The first-order valence-corrected chi connectivity index (χ1v) is 8.53. The van der Waals surface area contributed by atoms with Gasteiger partial charge in [-0.2, -0.15) is 10.5 Å². The normalized spacial score (nSPS) is 12.3. The predicted octanol–water partition coefficient (Wildman–Crippen LogP) is 3.61. The number of ether oxygens (including phenoxy) is 1. The molecule has 0 radical (unpaired) electrons. The van der Waals surface area contributed by atoms with E-state index < -0.39 is 11.8 Å². The van der Waals surface area contributed by atoms with Crippen LogP contribution < -0.4 is 15.4 Å². The zero-order chi connectivity index (χ0) is 20.5. The van der Waals surface area contributed by atoms with Crippen molar-refractivity contribution in [1.29, 1.82) is 10.5 Å². The smallest absolute Gasteiger partial charge is 0.266 e. The highest BCUT2D eigenvalue weighted by atomic mass is 16.5. The van der Waals surface area contributed by atoms with Crippen LogP contribution in [0.4, 0.5) is 11.4 Å². The van der Waals surface area contributed by atoms with Crippen LogP contribution in [-0.2, 0) is 0 Å². The molecule has 29 heavy (non-hydrogen) atoms. The summed E-state index contributed by atoms with van der Waals surface area (Å²) in [5, 5.41) is 18.2. The molecule has 0 saturated carbocycles. The molecule has 1 aliphatic heterocycles. The molecule has 0 atom stereocenters. The molecule has 7 heteroatoms. The minimum atomic E-state index is -0.495. The number of hydrogen-bond acceptors (Lipinski definition) is 6. The third-order valence-corrected chi connectivity index (χ3v) is 4.48. The molecule has 2 amide bonds. The second-order valence-electron chi connectivity index (χ2n) is 6.25. The standard InChI is InChI=1S/C22H12N4O3/c23-11-13-5-7-16(9-14(13)12-24)29-20-4-2-1-3-19(20)26-21(27)17-8-6-15(25)10-18(17)22(26)28/h1-10H,25H2. The minimum absolute atomic E-state index is 0.165. The van der Waals surface area contributed by atoms with Gasteiger partial charge in [-0.25, -0.2) is 4.90 Å². The van der Waals surface area contributed by atoms with E-state index in [-0.39, 0.29) is 33.7 Å².